The summed E-state index contributed by atoms with van der Waals surface area (Å²) in [6, 6.07) is 6.09. The second-order valence-electron chi connectivity index (χ2n) is 6.79. The fourth-order valence-corrected chi connectivity index (χ4v) is 4.73. The van der Waals surface area contributed by atoms with Gasteiger partial charge in [0.15, 0.2) is 9.84 Å². The molecule has 3 aromatic rings. The molecule has 0 radical (unpaired) electrons. The number of fused-ring (bicyclic) bond motifs is 1. The van der Waals surface area contributed by atoms with Gasteiger partial charge in [-0.2, -0.15) is 13.2 Å². The quantitative estimate of drug-likeness (QED) is 0.432. The van der Waals surface area contributed by atoms with E-state index in [1.165, 1.54) is 37.5 Å². The van der Waals surface area contributed by atoms with Crippen molar-refractivity contribution in [3.05, 3.63) is 68.7 Å². The van der Waals surface area contributed by atoms with Gasteiger partial charge >= 0.3 is 6.18 Å². The molecule has 0 spiro atoms. The van der Waals surface area contributed by atoms with Crippen molar-refractivity contribution in [2.75, 3.05) is 12.0 Å². The van der Waals surface area contributed by atoms with Crippen molar-refractivity contribution >= 4 is 44.4 Å². The molecule has 0 saturated carbocycles. The maximum Gasteiger partial charge on any atom is 0.416 e. The molecule has 0 saturated heterocycles. The lowest BCUT2D eigenvalue weighted by Gasteiger charge is -2.15. The Morgan fingerprint density at radius 3 is 2.53 bits per heavy atom. The predicted molar refractivity (Wildman–Crippen MR) is 118 cm³/mol. The molecule has 0 aliphatic heterocycles. The van der Waals surface area contributed by atoms with Gasteiger partial charge in [-0.15, -0.1) is 0 Å². The van der Waals surface area contributed by atoms with E-state index in [0.717, 1.165) is 22.7 Å². The van der Waals surface area contributed by atoms with Gasteiger partial charge in [0.05, 0.1) is 46.6 Å². The molecule has 0 unspecified atom stereocenters. The van der Waals surface area contributed by atoms with Crippen LogP contribution in [0.2, 0.25) is 5.02 Å². The zero-order chi connectivity index (χ0) is 23.7. The molecule has 6 nitrogen and oxygen atoms in total. The van der Waals surface area contributed by atoms with Crippen molar-refractivity contribution in [1.82, 2.24) is 9.55 Å². The summed E-state index contributed by atoms with van der Waals surface area (Å²) in [7, 11) is -3.62. The second-order valence-corrected chi connectivity index (χ2v) is 10.0. The number of nitrogens with zero attached hydrogens (tertiary/aromatic N) is 2. The lowest BCUT2D eigenvalue weighted by molar-refractivity contribution is -0.138. The van der Waals surface area contributed by atoms with Crippen LogP contribution >= 0.6 is 23.6 Å². The maximum absolute atomic E-state index is 13.6. The molecular weight excluding hydrogens is 489 g/mol. The fourth-order valence-electron chi connectivity index (χ4n) is 3.18. The summed E-state index contributed by atoms with van der Waals surface area (Å²) in [4.78, 5) is 17.1. The number of rotatable bonds is 7. The zero-order valence-electron chi connectivity index (χ0n) is 16.9. The molecule has 0 aliphatic carbocycles. The molecule has 0 aliphatic rings. The standard InChI is InChI=1S/C20H18ClF3N2O4S2/c1-3-32(28,29)18-5-4-14(21)6-12(18)9-26-11-25-17-7-13(10-30-31-2)16(20(22,23)24)8-15(17)19(26)27/h4-8,11H,3,9-10H2,1-2H3. The average molecular weight is 507 g/mol. The minimum atomic E-state index is -4.70. The van der Waals surface area contributed by atoms with Crippen LogP contribution in [0.25, 0.3) is 10.9 Å². The summed E-state index contributed by atoms with van der Waals surface area (Å²) in [6.45, 7) is 0.946. The van der Waals surface area contributed by atoms with Crippen LogP contribution in [0.3, 0.4) is 0 Å². The van der Waals surface area contributed by atoms with E-state index in [-0.39, 0.29) is 50.9 Å². The van der Waals surface area contributed by atoms with Gasteiger partial charge in [-0.3, -0.25) is 9.36 Å². The van der Waals surface area contributed by atoms with Crippen LogP contribution in [0.4, 0.5) is 13.2 Å². The maximum atomic E-state index is 13.6. The summed E-state index contributed by atoms with van der Waals surface area (Å²) in [5, 5.41) is 0.0179. The molecule has 12 heteroatoms. The Hall–Kier alpha value is -2.08. The van der Waals surface area contributed by atoms with Gasteiger partial charge in [0.2, 0.25) is 0 Å². The van der Waals surface area contributed by atoms with Crippen LogP contribution in [0.5, 0.6) is 0 Å². The summed E-state index contributed by atoms with van der Waals surface area (Å²) < 4.78 is 71.7. The van der Waals surface area contributed by atoms with E-state index >= 15 is 0 Å². The SMILES string of the molecule is CCS(=O)(=O)c1ccc(Cl)cc1Cn1cnc2cc(COSC)c(C(F)(F)F)cc2c1=O. The Morgan fingerprint density at radius 2 is 1.91 bits per heavy atom. The highest BCUT2D eigenvalue weighted by atomic mass is 35.5. The average Bonchev–Trinajstić information content (AvgIpc) is 2.73. The summed E-state index contributed by atoms with van der Waals surface area (Å²) in [6.07, 6.45) is -1.96. The number of hydrogen-bond donors (Lipinski definition) is 0. The van der Waals surface area contributed by atoms with Crippen LogP contribution in [-0.2, 0) is 33.3 Å². The first-order chi connectivity index (χ1) is 15.0. The highest BCUT2D eigenvalue weighted by molar-refractivity contribution is 7.93. The van der Waals surface area contributed by atoms with E-state index in [1.54, 1.807) is 6.26 Å². The minimum absolute atomic E-state index is 0.00283. The summed E-state index contributed by atoms with van der Waals surface area (Å²) in [5.41, 5.74) is -1.56. The van der Waals surface area contributed by atoms with Crippen molar-refractivity contribution in [3.8, 4) is 0 Å². The predicted octanol–water partition coefficient (Wildman–Crippen LogP) is 4.71. The molecule has 0 bridgehead atoms. The molecule has 0 N–H and O–H groups in total. The van der Waals surface area contributed by atoms with E-state index in [9.17, 15) is 26.4 Å². The highest BCUT2D eigenvalue weighted by Gasteiger charge is 2.34. The zero-order valence-corrected chi connectivity index (χ0v) is 19.3. The second kappa shape index (κ2) is 9.42. The molecule has 1 aromatic heterocycles. The lowest BCUT2D eigenvalue weighted by atomic mass is 10.0. The lowest BCUT2D eigenvalue weighted by Crippen LogP contribution is -2.23. The van der Waals surface area contributed by atoms with E-state index in [4.69, 9.17) is 15.8 Å². The van der Waals surface area contributed by atoms with Crippen molar-refractivity contribution in [2.45, 2.75) is 31.1 Å². The van der Waals surface area contributed by atoms with Gasteiger partial charge in [-0.1, -0.05) is 18.5 Å². The van der Waals surface area contributed by atoms with Gasteiger partial charge in [-0.05, 0) is 53.5 Å². The minimum Gasteiger partial charge on any atom is -0.311 e. The van der Waals surface area contributed by atoms with Crippen molar-refractivity contribution in [3.63, 3.8) is 0 Å². The molecular formula is C20H18ClF3N2O4S2. The first-order valence-electron chi connectivity index (χ1n) is 9.24. The smallest absolute Gasteiger partial charge is 0.311 e. The van der Waals surface area contributed by atoms with Crippen LogP contribution in [0.15, 0.2) is 46.3 Å². The molecule has 2 aromatic carbocycles. The van der Waals surface area contributed by atoms with Crippen LogP contribution in [-0.4, -0.2) is 30.0 Å². The summed E-state index contributed by atoms with van der Waals surface area (Å²) in [5.74, 6) is -0.164. The molecule has 3 rings (SSSR count). The molecule has 0 amide bonds. The number of alkyl halides is 3. The number of benzene rings is 2. The first-order valence-corrected chi connectivity index (χ1v) is 12.4. The molecule has 32 heavy (non-hydrogen) atoms. The molecule has 1 heterocycles. The Bertz CT molecular complexity index is 1320. The third kappa shape index (κ3) is 5.11. The molecule has 0 atom stereocenters. The Balaban J connectivity index is 2.16. The van der Waals surface area contributed by atoms with E-state index in [2.05, 4.69) is 4.98 Å². The van der Waals surface area contributed by atoms with Gasteiger partial charge in [-0.25, -0.2) is 13.4 Å². The van der Waals surface area contributed by atoms with Crippen molar-refractivity contribution < 1.29 is 25.8 Å². The third-order valence-electron chi connectivity index (χ3n) is 4.77. The largest absolute Gasteiger partial charge is 0.416 e. The van der Waals surface area contributed by atoms with Crippen LogP contribution in [0.1, 0.15) is 23.6 Å². The number of aromatic nitrogens is 2. The fraction of sp³-hybridized carbons (Fsp3) is 0.300. The van der Waals surface area contributed by atoms with Gasteiger partial charge in [0.1, 0.15) is 0 Å². The Kier molecular flexibility index (Phi) is 7.23. The van der Waals surface area contributed by atoms with Gasteiger partial charge < -0.3 is 4.18 Å². The normalized spacial score (nSPS) is 12.4. The van der Waals surface area contributed by atoms with E-state index < -0.39 is 27.1 Å². The van der Waals surface area contributed by atoms with Gasteiger partial charge in [0, 0.05) is 11.3 Å². The monoisotopic (exact) mass is 506 g/mol. The van der Waals surface area contributed by atoms with E-state index in [1.807, 2.05) is 0 Å². The Morgan fingerprint density at radius 1 is 1.19 bits per heavy atom. The highest BCUT2D eigenvalue weighted by Crippen LogP contribution is 2.34. The molecule has 172 valence electrons. The van der Waals surface area contributed by atoms with E-state index in [0.29, 0.717) is 0 Å². The number of sulfone groups is 1. The third-order valence-corrected chi connectivity index (χ3v) is 7.18. The number of hydrogen-bond acceptors (Lipinski definition) is 6. The Labute approximate surface area is 191 Å². The molecule has 0 fully saturated rings. The van der Waals surface area contributed by atoms with Gasteiger partial charge in [0.25, 0.3) is 5.56 Å². The van der Waals surface area contributed by atoms with Crippen molar-refractivity contribution in [2.24, 2.45) is 0 Å². The van der Waals surface area contributed by atoms with Crippen LogP contribution < -0.4 is 5.56 Å². The van der Waals surface area contributed by atoms with Crippen LogP contribution in [0, 0.1) is 0 Å². The van der Waals surface area contributed by atoms with Crippen molar-refractivity contribution in [1.29, 1.82) is 0 Å². The number of halogens is 4. The topological polar surface area (TPSA) is 78.3 Å². The summed E-state index contributed by atoms with van der Waals surface area (Å²) >= 11 is 6.93. The first kappa shape index (κ1) is 24.6.